The standard InChI is InChI=1S/C25H17ClN2O5/c1-31-24(29)15-4-2-14(3-5-15)22-19-11-10-18(12-21(19)33-23(28)20(22)13-27)32-25(30)16-6-8-17(26)9-7-16/h2-12,22H,28H2,1H3. The van der Waals surface area contributed by atoms with Gasteiger partial charge in [0.1, 0.15) is 23.1 Å². The lowest BCUT2D eigenvalue weighted by Gasteiger charge is -2.26. The maximum absolute atomic E-state index is 12.4. The first-order valence-electron chi connectivity index (χ1n) is 9.79. The van der Waals surface area contributed by atoms with Gasteiger partial charge in [-0.1, -0.05) is 29.8 Å². The van der Waals surface area contributed by atoms with E-state index in [0.29, 0.717) is 27.5 Å². The van der Waals surface area contributed by atoms with Gasteiger partial charge in [-0.15, -0.1) is 0 Å². The van der Waals surface area contributed by atoms with E-state index in [1.54, 1.807) is 66.7 Å². The van der Waals surface area contributed by atoms with Gasteiger partial charge in [0.05, 0.1) is 24.2 Å². The van der Waals surface area contributed by atoms with E-state index in [1.165, 1.54) is 7.11 Å². The summed E-state index contributed by atoms with van der Waals surface area (Å²) in [5.74, 6) is -0.980. The topological polar surface area (TPSA) is 112 Å². The van der Waals surface area contributed by atoms with E-state index in [4.69, 9.17) is 31.5 Å². The summed E-state index contributed by atoms with van der Waals surface area (Å²) in [6.07, 6.45) is 0. The molecule has 1 aliphatic rings. The Hall–Kier alpha value is -4.28. The summed E-state index contributed by atoms with van der Waals surface area (Å²) >= 11 is 5.86. The van der Waals surface area contributed by atoms with Crippen molar-refractivity contribution >= 4 is 23.5 Å². The van der Waals surface area contributed by atoms with Gasteiger partial charge in [0.15, 0.2) is 0 Å². The summed E-state index contributed by atoms with van der Waals surface area (Å²) in [7, 11) is 1.31. The molecule has 0 amide bonds. The van der Waals surface area contributed by atoms with Gasteiger partial charge in [-0.25, -0.2) is 9.59 Å². The highest BCUT2D eigenvalue weighted by atomic mass is 35.5. The highest BCUT2D eigenvalue weighted by molar-refractivity contribution is 6.30. The van der Waals surface area contributed by atoms with Gasteiger partial charge in [0, 0.05) is 16.7 Å². The summed E-state index contributed by atoms with van der Waals surface area (Å²) in [6.45, 7) is 0. The van der Waals surface area contributed by atoms with Crippen molar-refractivity contribution in [3.8, 4) is 17.6 Å². The zero-order valence-electron chi connectivity index (χ0n) is 17.4. The van der Waals surface area contributed by atoms with Gasteiger partial charge in [-0.05, 0) is 48.0 Å². The predicted octanol–water partition coefficient (Wildman–Crippen LogP) is 4.56. The molecule has 7 nitrogen and oxygen atoms in total. The number of nitriles is 1. The van der Waals surface area contributed by atoms with Crippen molar-refractivity contribution in [2.24, 2.45) is 5.73 Å². The molecule has 164 valence electrons. The van der Waals surface area contributed by atoms with Gasteiger partial charge >= 0.3 is 11.9 Å². The van der Waals surface area contributed by atoms with E-state index in [1.807, 2.05) is 0 Å². The molecule has 4 rings (SSSR count). The Kier molecular flexibility index (Phi) is 6.03. The molecule has 33 heavy (non-hydrogen) atoms. The van der Waals surface area contributed by atoms with Crippen molar-refractivity contribution in [3.63, 3.8) is 0 Å². The lowest BCUT2D eigenvalue weighted by atomic mass is 9.83. The molecule has 0 radical (unpaired) electrons. The number of allylic oxidation sites excluding steroid dienone is 1. The Morgan fingerprint density at radius 1 is 1.00 bits per heavy atom. The van der Waals surface area contributed by atoms with Crippen LogP contribution in [0.3, 0.4) is 0 Å². The monoisotopic (exact) mass is 460 g/mol. The van der Waals surface area contributed by atoms with Crippen LogP contribution < -0.4 is 15.2 Å². The van der Waals surface area contributed by atoms with Gasteiger partial charge in [-0.2, -0.15) is 5.26 Å². The van der Waals surface area contributed by atoms with Crippen molar-refractivity contribution < 1.29 is 23.8 Å². The SMILES string of the molecule is COC(=O)c1ccc(C2C(C#N)=C(N)Oc3cc(OC(=O)c4ccc(Cl)cc4)ccc32)cc1. The fourth-order valence-electron chi connectivity index (χ4n) is 3.52. The third-order valence-corrected chi connectivity index (χ3v) is 5.40. The number of methoxy groups -OCH3 is 1. The summed E-state index contributed by atoms with van der Waals surface area (Å²) in [4.78, 5) is 24.2. The maximum atomic E-state index is 12.4. The van der Waals surface area contributed by atoms with Crippen LogP contribution in [0.4, 0.5) is 0 Å². The first-order chi connectivity index (χ1) is 15.9. The average molecular weight is 461 g/mol. The molecule has 0 aliphatic carbocycles. The molecule has 0 saturated heterocycles. The molecule has 0 bridgehead atoms. The number of hydrogen-bond acceptors (Lipinski definition) is 7. The molecule has 0 saturated carbocycles. The number of fused-ring (bicyclic) bond motifs is 1. The van der Waals surface area contributed by atoms with Crippen LogP contribution in [-0.4, -0.2) is 19.0 Å². The number of esters is 2. The van der Waals surface area contributed by atoms with Gasteiger partial charge in [0.2, 0.25) is 5.88 Å². The summed E-state index contributed by atoms with van der Waals surface area (Å²) in [5, 5.41) is 10.2. The second-order valence-electron chi connectivity index (χ2n) is 7.13. The van der Waals surface area contributed by atoms with Crippen LogP contribution in [0, 0.1) is 11.3 Å². The van der Waals surface area contributed by atoms with Crippen molar-refractivity contribution in [1.82, 2.24) is 0 Å². The molecule has 3 aromatic carbocycles. The largest absolute Gasteiger partial charge is 0.465 e. The number of ether oxygens (including phenoxy) is 3. The minimum atomic E-state index is -0.557. The molecule has 2 N–H and O–H groups in total. The minimum absolute atomic E-state index is 0.0479. The van der Waals surface area contributed by atoms with Gasteiger partial charge in [-0.3, -0.25) is 0 Å². The van der Waals surface area contributed by atoms with Gasteiger partial charge < -0.3 is 19.9 Å². The highest BCUT2D eigenvalue weighted by Gasteiger charge is 2.31. The summed E-state index contributed by atoms with van der Waals surface area (Å²) < 4.78 is 15.8. The minimum Gasteiger partial charge on any atom is -0.465 e. The first-order valence-corrected chi connectivity index (χ1v) is 10.2. The number of nitrogens with zero attached hydrogens (tertiary/aromatic N) is 1. The van der Waals surface area contributed by atoms with E-state index < -0.39 is 17.9 Å². The third kappa shape index (κ3) is 4.38. The predicted molar refractivity (Wildman–Crippen MR) is 120 cm³/mol. The van der Waals surface area contributed by atoms with Crippen LogP contribution in [0.1, 0.15) is 37.8 Å². The Bertz CT molecular complexity index is 1310. The molecule has 1 aliphatic heterocycles. The molecule has 1 unspecified atom stereocenters. The van der Waals surface area contributed by atoms with Crippen molar-refractivity contribution in [2.45, 2.75) is 5.92 Å². The van der Waals surface area contributed by atoms with Crippen LogP contribution in [-0.2, 0) is 4.74 Å². The second kappa shape index (κ2) is 9.07. The summed E-state index contributed by atoms with van der Waals surface area (Å²) in [5.41, 5.74) is 8.39. The molecule has 1 atom stereocenters. The van der Waals surface area contributed by atoms with E-state index in [2.05, 4.69) is 6.07 Å². The van der Waals surface area contributed by atoms with Crippen LogP contribution in [0.2, 0.25) is 5.02 Å². The van der Waals surface area contributed by atoms with E-state index in [0.717, 1.165) is 5.56 Å². The molecule has 0 aromatic heterocycles. The number of rotatable bonds is 4. The molecule has 1 heterocycles. The van der Waals surface area contributed by atoms with Crippen LogP contribution in [0.15, 0.2) is 78.2 Å². The third-order valence-electron chi connectivity index (χ3n) is 5.15. The Balaban J connectivity index is 1.67. The summed E-state index contributed by atoms with van der Waals surface area (Å²) in [6, 6.07) is 20.0. The molecule has 8 heteroatoms. The second-order valence-corrected chi connectivity index (χ2v) is 7.57. The van der Waals surface area contributed by atoms with Gasteiger partial charge in [0.25, 0.3) is 0 Å². The Labute approximate surface area is 194 Å². The number of carbonyl (C=O) groups excluding carboxylic acids is 2. The average Bonchev–Trinajstić information content (AvgIpc) is 2.83. The van der Waals surface area contributed by atoms with E-state index in [-0.39, 0.29) is 17.2 Å². The number of nitrogens with two attached hydrogens (primary N) is 1. The fourth-order valence-corrected chi connectivity index (χ4v) is 3.65. The smallest absolute Gasteiger partial charge is 0.343 e. The van der Waals surface area contributed by atoms with E-state index >= 15 is 0 Å². The molecular weight excluding hydrogens is 444 g/mol. The quantitative estimate of drug-likeness (QED) is 0.448. The first kappa shape index (κ1) is 21.9. The number of benzene rings is 3. The van der Waals surface area contributed by atoms with Crippen molar-refractivity contribution in [1.29, 1.82) is 5.26 Å². The van der Waals surface area contributed by atoms with Crippen LogP contribution in [0.5, 0.6) is 11.5 Å². The maximum Gasteiger partial charge on any atom is 0.343 e. The van der Waals surface area contributed by atoms with Crippen molar-refractivity contribution in [3.05, 3.63) is 105 Å². The lowest BCUT2D eigenvalue weighted by molar-refractivity contribution is 0.0600. The van der Waals surface area contributed by atoms with E-state index in [9.17, 15) is 14.9 Å². The Morgan fingerprint density at radius 3 is 2.27 bits per heavy atom. The molecule has 0 fully saturated rings. The fraction of sp³-hybridized carbons (Fsp3) is 0.0800. The number of halogens is 1. The molecular formula is C25H17ClN2O5. The number of hydrogen-bond donors (Lipinski definition) is 1. The normalized spacial score (nSPS) is 14.5. The molecule has 3 aromatic rings. The number of carbonyl (C=O) groups is 2. The van der Waals surface area contributed by atoms with Crippen molar-refractivity contribution in [2.75, 3.05) is 7.11 Å². The van der Waals surface area contributed by atoms with Crippen LogP contribution >= 0.6 is 11.6 Å². The Morgan fingerprint density at radius 2 is 1.64 bits per heavy atom. The molecule has 0 spiro atoms. The lowest BCUT2D eigenvalue weighted by Crippen LogP contribution is -2.21. The van der Waals surface area contributed by atoms with Crippen LogP contribution in [0.25, 0.3) is 0 Å². The zero-order valence-corrected chi connectivity index (χ0v) is 18.1. The highest BCUT2D eigenvalue weighted by Crippen LogP contribution is 2.43. The zero-order chi connectivity index (χ0) is 23.5.